The van der Waals surface area contributed by atoms with Gasteiger partial charge < -0.3 is 31.9 Å². The lowest BCUT2D eigenvalue weighted by Crippen LogP contribution is -2.57. The minimum Gasteiger partial charge on any atom is -0.497 e. The first kappa shape index (κ1) is 58.9. The van der Waals surface area contributed by atoms with Gasteiger partial charge >= 0.3 is 0 Å². The molecule has 11 nitrogen and oxygen atoms in total. The number of nitrogens with zero attached hydrogens (tertiary/aromatic N) is 1. The number of carbonyl (C=O) groups is 2. The normalized spacial score (nSPS) is 20.6. The predicted molar refractivity (Wildman–Crippen MR) is 272 cm³/mol. The van der Waals surface area contributed by atoms with Gasteiger partial charge in [-0.15, -0.1) is 0 Å². The molecule has 0 bridgehead atoms. The SMILES string of the molecule is COc1ccc(COC[C@H](C)[C@H]2O[C@@]2(C)[C@@H](O[Si](C)(C)C(C)(C)C)[C@@H](CO[Si](C)(C)C(C)(C)C)C(=O)[C@@H](CO[Si](C)(C)C(C)(C)C)[C@@H](CC(=O)N(C)OC)O[Si](C)(C)C(C)(C)C)cc1. The number of ether oxygens (including phenoxy) is 3. The van der Waals surface area contributed by atoms with E-state index in [1.165, 1.54) is 12.2 Å². The van der Waals surface area contributed by atoms with E-state index in [0.717, 1.165) is 11.3 Å². The van der Waals surface area contributed by atoms with E-state index in [2.05, 4.69) is 149 Å². The molecule has 64 heavy (non-hydrogen) atoms. The fourth-order valence-corrected chi connectivity index (χ4v) is 11.4. The van der Waals surface area contributed by atoms with Gasteiger partial charge in [-0.25, -0.2) is 5.06 Å². The van der Waals surface area contributed by atoms with Crippen LogP contribution in [0.25, 0.3) is 0 Å². The third kappa shape index (κ3) is 15.1. The highest BCUT2D eigenvalue weighted by Gasteiger charge is 2.65. The van der Waals surface area contributed by atoms with Crippen LogP contribution in [0, 0.1) is 17.8 Å². The number of Topliss-reactive ketones (excluding diaryl/α,β-unsaturated/α-hetero) is 1. The van der Waals surface area contributed by atoms with Gasteiger partial charge in [0.25, 0.3) is 0 Å². The molecule has 0 N–H and O–H groups in total. The van der Waals surface area contributed by atoms with Gasteiger partial charge in [0, 0.05) is 26.2 Å². The summed E-state index contributed by atoms with van der Waals surface area (Å²) in [4.78, 5) is 35.8. The van der Waals surface area contributed by atoms with Crippen LogP contribution in [0.4, 0.5) is 0 Å². The lowest BCUT2D eigenvalue weighted by atomic mass is 9.79. The van der Waals surface area contributed by atoms with Crippen LogP contribution in [0.3, 0.4) is 0 Å². The summed E-state index contributed by atoms with van der Waals surface area (Å²) in [5.41, 5.74) is 0.207. The molecule has 0 unspecified atom stereocenters. The number of methoxy groups -OCH3 is 1. The molecule has 1 fully saturated rings. The number of ketones is 1. The number of epoxide rings is 1. The first-order valence-electron chi connectivity index (χ1n) is 23.6. The first-order valence-corrected chi connectivity index (χ1v) is 35.2. The smallest absolute Gasteiger partial charge is 0.248 e. The molecule has 0 saturated carbocycles. The number of benzene rings is 1. The molecular weight excluding hydrogens is 875 g/mol. The molecule has 1 amide bonds. The second-order valence-corrected chi connectivity index (χ2v) is 43.9. The van der Waals surface area contributed by atoms with Crippen LogP contribution in [-0.2, 0) is 48.2 Å². The standard InChI is InChI=1S/C49H95NO10Si4/c1-35(31-55-32-36-26-28-37(53-16)29-27-36)43-49(14,58-43)44(60-64(24,25)48(11,12)13)39(34-57-62(20,21)46(5,6)7)42(52)38(33-56-61(18,19)45(2,3)4)40(30-41(51)50(15)54-17)59-63(22,23)47(8,9)10/h26-29,35,38-40,43-44H,30-34H2,1-25H3/t35-,38-,39-,40+,43+,44-,49+/m0/s1. The molecule has 1 heterocycles. The molecule has 0 radical (unpaired) electrons. The molecule has 15 heteroatoms. The Balaban J connectivity index is 2.91. The Kier molecular flexibility index (Phi) is 19.9. The highest BCUT2D eigenvalue weighted by Crippen LogP contribution is 2.52. The maximum atomic E-state index is 16.4. The summed E-state index contributed by atoms with van der Waals surface area (Å²) in [6, 6.07) is 7.90. The van der Waals surface area contributed by atoms with Crippen molar-refractivity contribution < 1.29 is 46.3 Å². The minimum absolute atomic E-state index is 0.0135. The lowest BCUT2D eigenvalue weighted by molar-refractivity contribution is -0.171. The number of hydrogen-bond acceptors (Lipinski definition) is 10. The van der Waals surface area contributed by atoms with Crippen LogP contribution in [0.1, 0.15) is 109 Å². The topological polar surface area (TPSA) is 115 Å². The van der Waals surface area contributed by atoms with E-state index in [4.69, 9.17) is 36.8 Å². The zero-order valence-corrected chi connectivity index (χ0v) is 49.3. The van der Waals surface area contributed by atoms with Gasteiger partial charge in [-0.1, -0.05) is 102 Å². The van der Waals surface area contributed by atoms with Crippen LogP contribution in [0.15, 0.2) is 24.3 Å². The number of amides is 1. The number of hydroxylamine groups is 2. The molecule has 1 aliphatic rings. The molecule has 0 spiro atoms. The molecule has 0 aliphatic carbocycles. The zero-order chi connectivity index (χ0) is 49.9. The van der Waals surface area contributed by atoms with Gasteiger partial charge in [0.15, 0.2) is 33.3 Å². The molecule has 2 rings (SSSR count). The van der Waals surface area contributed by atoms with Crippen LogP contribution in [-0.4, -0.2) is 115 Å². The molecular formula is C49H95NO10Si4. The number of carbonyl (C=O) groups excluding carboxylic acids is 2. The summed E-state index contributed by atoms with van der Waals surface area (Å²) in [6.07, 6.45) is -1.79. The number of rotatable bonds is 24. The first-order chi connectivity index (χ1) is 28.7. The fraction of sp³-hybridized carbons (Fsp3) is 0.837. The van der Waals surface area contributed by atoms with Crippen molar-refractivity contribution in [3.8, 4) is 5.75 Å². The average molecular weight is 971 g/mol. The third-order valence-electron chi connectivity index (χ3n) is 15.7. The van der Waals surface area contributed by atoms with Crippen LogP contribution >= 0.6 is 0 Å². The quantitative estimate of drug-likeness (QED) is 0.0563. The Morgan fingerprint density at radius 3 is 1.55 bits per heavy atom. The van der Waals surface area contributed by atoms with E-state index in [1.807, 2.05) is 24.3 Å². The highest BCUT2D eigenvalue weighted by molar-refractivity contribution is 6.75. The van der Waals surface area contributed by atoms with Crippen molar-refractivity contribution in [3.63, 3.8) is 0 Å². The maximum Gasteiger partial charge on any atom is 0.248 e. The van der Waals surface area contributed by atoms with E-state index in [0.29, 0.717) is 13.2 Å². The summed E-state index contributed by atoms with van der Waals surface area (Å²) in [5, 5.41) is 0.590. The summed E-state index contributed by atoms with van der Waals surface area (Å²) < 4.78 is 47.5. The maximum absolute atomic E-state index is 16.4. The zero-order valence-electron chi connectivity index (χ0n) is 45.3. The van der Waals surface area contributed by atoms with Crippen molar-refractivity contribution in [1.82, 2.24) is 5.06 Å². The fourth-order valence-electron chi connectivity index (χ4n) is 6.63. The van der Waals surface area contributed by atoms with Gasteiger partial charge in [0.2, 0.25) is 5.91 Å². The van der Waals surface area contributed by atoms with E-state index in [1.54, 1.807) is 14.2 Å². The summed E-state index contributed by atoms with van der Waals surface area (Å²) in [6.45, 7) is 49.5. The van der Waals surface area contributed by atoms with Crippen LogP contribution < -0.4 is 4.74 Å². The Labute approximate surface area is 395 Å². The average Bonchev–Trinajstić information content (AvgIpc) is 3.84. The van der Waals surface area contributed by atoms with E-state index in [-0.39, 0.29) is 63.5 Å². The van der Waals surface area contributed by atoms with E-state index < -0.39 is 62.9 Å². The van der Waals surface area contributed by atoms with E-state index in [9.17, 15) is 4.79 Å². The van der Waals surface area contributed by atoms with Crippen molar-refractivity contribution >= 4 is 45.0 Å². The third-order valence-corrected chi connectivity index (χ3v) is 33.6. The Hall–Kier alpha value is -1.25. The van der Waals surface area contributed by atoms with Crippen molar-refractivity contribution in [2.45, 2.75) is 206 Å². The molecule has 1 saturated heterocycles. The van der Waals surface area contributed by atoms with Crippen molar-refractivity contribution in [3.05, 3.63) is 29.8 Å². The van der Waals surface area contributed by atoms with Crippen molar-refractivity contribution in [2.75, 3.05) is 41.1 Å². The monoisotopic (exact) mass is 970 g/mol. The molecule has 0 aromatic heterocycles. The van der Waals surface area contributed by atoms with Crippen LogP contribution in [0.5, 0.6) is 5.75 Å². The van der Waals surface area contributed by atoms with Gasteiger partial charge in [-0.2, -0.15) is 0 Å². The van der Waals surface area contributed by atoms with Crippen molar-refractivity contribution in [1.29, 1.82) is 0 Å². The Morgan fingerprint density at radius 2 is 1.12 bits per heavy atom. The molecule has 1 aromatic carbocycles. The lowest BCUT2D eigenvalue weighted by Gasteiger charge is -2.46. The second kappa shape index (κ2) is 21.6. The largest absolute Gasteiger partial charge is 0.497 e. The van der Waals surface area contributed by atoms with E-state index >= 15 is 4.79 Å². The van der Waals surface area contributed by atoms with Crippen LogP contribution in [0.2, 0.25) is 72.5 Å². The van der Waals surface area contributed by atoms with Gasteiger partial charge in [0.1, 0.15) is 17.1 Å². The van der Waals surface area contributed by atoms with Crippen molar-refractivity contribution in [2.24, 2.45) is 17.8 Å². The predicted octanol–water partition coefficient (Wildman–Crippen LogP) is 12.0. The minimum atomic E-state index is -2.59. The summed E-state index contributed by atoms with van der Waals surface area (Å²) in [7, 11) is -5.30. The Morgan fingerprint density at radius 1 is 0.688 bits per heavy atom. The van der Waals surface area contributed by atoms with Gasteiger partial charge in [-0.3, -0.25) is 14.4 Å². The summed E-state index contributed by atoms with van der Waals surface area (Å²) in [5.74, 6) is -1.19. The number of hydrogen-bond donors (Lipinski definition) is 0. The second-order valence-electron chi connectivity index (χ2n) is 24.8. The molecule has 1 aliphatic heterocycles. The highest BCUT2D eigenvalue weighted by atomic mass is 28.4. The molecule has 1 aromatic rings. The van der Waals surface area contributed by atoms with Gasteiger partial charge in [-0.05, 0) is 97.1 Å². The molecule has 372 valence electrons. The molecule has 7 atom stereocenters. The van der Waals surface area contributed by atoms with Gasteiger partial charge in [0.05, 0.1) is 64.0 Å². The Bertz CT molecular complexity index is 1660. The summed E-state index contributed by atoms with van der Waals surface area (Å²) >= 11 is 0.